The lowest BCUT2D eigenvalue weighted by molar-refractivity contribution is 0.0940. The van der Waals surface area contributed by atoms with Crippen LogP contribution in [0.15, 0.2) is 71.6 Å². The van der Waals surface area contributed by atoms with Gasteiger partial charge in [-0.25, -0.2) is 8.42 Å². The lowest BCUT2D eigenvalue weighted by Gasteiger charge is -2.18. The monoisotopic (exact) mass is 442 g/mol. The Hall–Kier alpha value is -2.83. The lowest BCUT2D eigenvalue weighted by Crippen LogP contribution is -2.27. The third kappa shape index (κ3) is 5.01. The first-order chi connectivity index (χ1) is 14.2. The molecular formula is C23H23ClN2O3S. The number of amides is 1. The average molecular weight is 443 g/mol. The minimum Gasteiger partial charge on any atom is -0.345 e. The Morgan fingerprint density at radius 2 is 1.67 bits per heavy atom. The molecule has 0 saturated heterocycles. The van der Waals surface area contributed by atoms with Gasteiger partial charge >= 0.3 is 0 Å². The number of carbonyl (C=O) groups is 1. The fourth-order valence-corrected chi connectivity index (χ4v) is 4.49. The summed E-state index contributed by atoms with van der Waals surface area (Å²) in [5, 5.41) is 3.11. The molecule has 0 heterocycles. The summed E-state index contributed by atoms with van der Waals surface area (Å²) >= 11 is 6.29. The topological polar surface area (TPSA) is 75.3 Å². The van der Waals surface area contributed by atoms with Gasteiger partial charge in [0, 0.05) is 0 Å². The number of carbonyl (C=O) groups excluding carboxylic acids is 1. The molecular weight excluding hydrogens is 420 g/mol. The largest absolute Gasteiger partial charge is 0.345 e. The summed E-state index contributed by atoms with van der Waals surface area (Å²) in [7, 11) is -3.74. The number of hydrogen-bond donors (Lipinski definition) is 2. The van der Waals surface area contributed by atoms with Gasteiger partial charge in [-0.15, -0.1) is 0 Å². The minimum absolute atomic E-state index is 0.144. The zero-order valence-corrected chi connectivity index (χ0v) is 18.5. The van der Waals surface area contributed by atoms with Crippen molar-refractivity contribution < 1.29 is 13.2 Å². The first-order valence-corrected chi connectivity index (χ1v) is 11.3. The third-order valence-corrected chi connectivity index (χ3v) is 6.48. The van der Waals surface area contributed by atoms with Crippen LogP contribution in [0.1, 0.15) is 40.0 Å². The van der Waals surface area contributed by atoms with Crippen molar-refractivity contribution >= 4 is 33.2 Å². The molecule has 156 valence electrons. The predicted octanol–water partition coefficient (Wildman–Crippen LogP) is 5.25. The average Bonchev–Trinajstić information content (AvgIpc) is 2.70. The van der Waals surface area contributed by atoms with Crippen LogP contribution in [0.25, 0.3) is 0 Å². The van der Waals surface area contributed by atoms with E-state index in [2.05, 4.69) is 10.0 Å². The van der Waals surface area contributed by atoms with Crippen LogP contribution in [-0.4, -0.2) is 14.3 Å². The quantitative estimate of drug-likeness (QED) is 0.547. The maximum Gasteiger partial charge on any atom is 0.261 e. The van der Waals surface area contributed by atoms with E-state index in [1.54, 1.807) is 18.2 Å². The normalized spacial score (nSPS) is 12.3. The van der Waals surface area contributed by atoms with Gasteiger partial charge in [0.2, 0.25) is 0 Å². The smallest absolute Gasteiger partial charge is 0.261 e. The van der Waals surface area contributed by atoms with Gasteiger partial charge in [0.15, 0.2) is 0 Å². The Bertz CT molecular complexity index is 1180. The summed E-state index contributed by atoms with van der Waals surface area (Å²) in [6.07, 6.45) is 0. The first kappa shape index (κ1) is 21.9. The zero-order chi connectivity index (χ0) is 21.9. The lowest BCUT2D eigenvalue weighted by atomic mass is 9.99. The number of rotatable bonds is 6. The number of anilines is 1. The van der Waals surface area contributed by atoms with Crippen molar-refractivity contribution in [2.24, 2.45) is 0 Å². The molecule has 7 heteroatoms. The Morgan fingerprint density at radius 3 is 2.33 bits per heavy atom. The highest BCUT2D eigenvalue weighted by Gasteiger charge is 2.18. The molecule has 0 aliphatic carbocycles. The molecule has 0 bridgehead atoms. The van der Waals surface area contributed by atoms with Crippen molar-refractivity contribution in [1.82, 2.24) is 5.32 Å². The van der Waals surface area contributed by atoms with Crippen molar-refractivity contribution in [3.05, 3.63) is 94.0 Å². The number of benzene rings is 3. The third-order valence-electron chi connectivity index (χ3n) is 4.77. The molecule has 30 heavy (non-hydrogen) atoms. The van der Waals surface area contributed by atoms with Crippen molar-refractivity contribution in [3.8, 4) is 0 Å². The number of aryl methyl sites for hydroxylation is 2. The molecule has 0 unspecified atom stereocenters. The maximum atomic E-state index is 12.7. The van der Waals surface area contributed by atoms with Gasteiger partial charge in [-0.2, -0.15) is 0 Å². The molecule has 0 fully saturated rings. The summed E-state index contributed by atoms with van der Waals surface area (Å²) in [6.45, 7) is 5.91. The van der Waals surface area contributed by atoms with Crippen LogP contribution >= 0.6 is 11.6 Å². The second kappa shape index (κ2) is 8.90. The molecule has 0 aliphatic rings. The van der Waals surface area contributed by atoms with Crippen LogP contribution in [0.4, 0.5) is 5.69 Å². The number of sulfonamides is 1. The fourth-order valence-electron chi connectivity index (χ4n) is 3.16. The van der Waals surface area contributed by atoms with Crippen molar-refractivity contribution in [2.45, 2.75) is 31.7 Å². The van der Waals surface area contributed by atoms with Crippen molar-refractivity contribution in [2.75, 3.05) is 4.72 Å². The van der Waals surface area contributed by atoms with Gasteiger partial charge in [-0.05, 0) is 62.2 Å². The maximum absolute atomic E-state index is 12.7. The highest BCUT2D eigenvalue weighted by molar-refractivity contribution is 7.92. The highest BCUT2D eigenvalue weighted by Crippen LogP contribution is 2.25. The SMILES string of the molecule is Cc1ccc(C)c([C@@H](C)NC(=O)c2ccc(NS(=O)(=O)c3ccccc3)cc2Cl)c1. The summed E-state index contributed by atoms with van der Waals surface area (Å²) in [5.74, 6) is -0.328. The number of hydrogen-bond acceptors (Lipinski definition) is 3. The van der Waals surface area contributed by atoms with Crippen LogP contribution in [0.2, 0.25) is 5.02 Å². The zero-order valence-electron chi connectivity index (χ0n) is 16.9. The molecule has 2 N–H and O–H groups in total. The second-order valence-corrected chi connectivity index (χ2v) is 9.26. The Labute approximate surface area is 182 Å². The minimum atomic E-state index is -3.74. The van der Waals surface area contributed by atoms with E-state index in [1.165, 1.54) is 30.3 Å². The Balaban J connectivity index is 1.76. The molecule has 0 aliphatic heterocycles. The number of nitrogens with one attached hydrogen (secondary N) is 2. The standard InChI is InChI=1S/C23H23ClN2O3S/c1-15-9-10-16(2)21(13-15)17(3)25-23(27)20-12-11-18(14-22(20)24)26-30(28,29)19-7-5-4-6-8-19/h4-14,17,26H,1-3H3,(H,25,27)/t17-/m1/s1. The van der Waals surface area contributed by atoms with E-state index in [4.69, 9.17) is 11.6 Å². The molecule has 0 radical (unpaired) electrons. The van der Waals surface area contributed by atoms with Crippen LogP contribution in [0.5, 0.6) is 0 Å². The predicted molar refractivity (Wildman–Crippen MR) is 120 cm³/mol. The van der Waals surface area contributed by atoms with E-state index in [1.807, 2.05) is 39.0 Å². The molecule has 0 saturated carbocycles. The Kier molecular flexibility index (Phi) is 6.48. The number of halogens is 1. The summed E-state index contributed by atoms with van der Waals surface area (Å²) < 4.78 is 27.4. The van der Waals surface area contributed by atoms with Gasteiger partial charge in [0.05, 0.1) is 27.2 Å². The van der Waals surface area contributed by atoms with E-state index >= 15 is 0 Å². The van der Waals surface area contributed by atoms with Gasteiger partial charge < -0.3 is 5.32 Å². The molecule has 3 rings (SSSR count). The van der Waals surface area contributed by atoms with Gasteiger partial charge in [0.1, 0.15) is 0 Å². The summed E-state index contributed by atoms with van der Waals surface area (Å²) in [5.41, 5.74) is 3.79. The van der Waals surface area contributed by atoms with Crippen molar-refractivity contribution in [1.29, 1.82) is 0 Å². The van der Waals surface area contributed by atoms with Gasteiger partial charge in [-0.3, -0.25) is 9.52 Å². The highest BCUT2D eigenvalue weighted by atomic mass is 35.5. The summed E-state index contributed by atoms with van der Waals surface area (Å²) in [6, 6.07) is 18.4. The van der Waals surface area contributed by atoms with E-state index in [-0.39, 0.29) is 33.1 Å². The van der Waals surface area contributed by atoms with Crippen LogP contribution in [0.3, 0.4) is 0 Å². The van der Waals surface area contributed by atoms with E-state index < -0.39 is 10.0 Å². The van der Waals surface area contributed by atoms with Crippen LogP contribution in [-0.2, 0) is 10.0 Å². The summed E-state index contributed by atoms with van der Waals surface area (Å²) in [4.78, 5) is 12.9. The first-order valence-electron chi connectivity index (χ1n) is 9.43. The van der Waals surface area contributed by atoms with Crippen LogP contribution < -0.4 is 10.0 Å². The van der Waals surface area contributed by atoms with Crippen LogP contribution in [0, 0.1) is 13.8 Å². The molecule has 0 aromatic heterocycles. The fraction of sp³-hybridized carbons (Fsp3) is 0.174. The molecule has 5 nitrogen and oxygen atoms in total. The van der Waals surface area contributed by atoms with E-state index in [0.717, 1.165) is 16.7 Å². The Morgan fingerprint density at radius 1 is 0.967 bits per heavy atom. The van der Waals surface area contributed by atoms with Gasteiger partial charge in [-0.1, -0.05) is 53.6 Å². The molecule has 0 spiro atoms. The molecule has 1 atom stereocenters. The molecule has 3 aromatic rings. The molecule has 1 amide bonds. The van der Waals surface area contributed by atoms with Gasteiger partial charge in [0.25, 0.3) is 15.9 Å². The molecule has 3 aromatic carbocycles. The second-order valence-electron chi connectivity index (χ2n) is 7.17. The van der Waals surface area contributed by atoms with E-state index in [0.29, 0.717) is 0 Å². The van der Waals surface area contributed by atoms with Crippen molar-refractivity contribution in [3.63, 3.8) is 0 Å². The van der Waals surface area contributed by atoms with E-state index in [9.17, 15) is 13.2 Å².